The van der Waals surface area contributed by atoms with Gasteiger partial charge in [-0.1, -0.05) is 28.9 Å². The summed E-state index contributed by atoms with van der Waals surface area (Å²) < 4.78 is 4.86. The van der Waals surface area contributed by atoms with Gasteiger partial charge in [-0.3, -0.25) is 4.99 Å². The molecule has 1 heterocycles. The molecule has 0 amide bonds. The second-order valence-corrected chi connectivity index (χ2v) is 6.79. The molecule has 2 aromatic rings. The van der Waals surface area contributed by atoms with Gasteiger partial charge in [0.25, 0.3) is 0 Å². The number of aliphatic imine (C=N–C) groups is 1. The third kappa shape index (κ3) is 5.10. The molecule has 25 heavy (non-hydrogen) atoms. The van der Waals surface area contributed by atoms with Crippen molar-refractivity contribution in [2.45, 2.75) is 31.7 Å². The molecule has 0 bridgehead atoms. The van der Waals surface area contributed by atoms with Crippen molar-refractivity contribution in [2.75, 3.05) is 11.9 Å². The van der Waals surface area contributed by atoms with Crippen LogP contribution in [0.15, 0.2) is 52.3 Å². The van der Waals surface area contributed by atoms with Crippen LogP contribution in [-0.4, -0.2) is 24.5 Å². The van der Waals surface area contributed by atoms with E-state index >= 15 is 0 Å². The lowest BCUT2D eigenvalue weighted by Gasteiger charge is -2.29. The third-order valence-corrected chi connectivity index (χ3v) is 4.81. The zero-order valence-electron chi connectivity index (χ0n) is 14.1. The summed E-state index contributed by atoms with van der Waals surface area (Å²) in [5, 5.41) is 11.4. The van der Waals surface area contributed by atoms with Gasteiger partial charge in [0.1, 0.15) is 6.26 Å². The number of nitrogens with zero attached hydrogens (tertiary/aromatic N) is 2. The van der Waals surface area contributed by atoms with Gasteiger partial charge in [0.2, 0.25) is 0 Å². The molecule has 1 aliphatic carbocycles. The molecule has 1 aromatic carbocycles. The molecule has 2 N–H and O–H groups in total. The lowest BCUT2D eigenvalue weighted by Crippen LogP contribution is -2.30. The highest BCUT2D eigenvalue weighted by molar-refractivity contribution is 6.30. The first kappa shape index (κ1) is 17.5. The second-order valence-electron chi connectivity index (χ2n) is 6.35. The Bertz CT molecular complexity index is 706. The Morgan fingerprint density at radius 1 is 1.32 bits per heavy atom. The van der Waals surface area contributed by atoms with Gasteiger partial charge in [0, 0.05) is 35.4 Å². The average Bonchev–Trinajstić information content (AvgIpc) is 3.13. The van der Waals surface area contributed by atoms with E-state index < -0.39 is 0 Å². The first-order valence-corrected chi connectivity index (χ1v) is 8.95. The van der Waals surface area contributed by atoms with Crippen LogP contribution in [0.4, 0.5) is 5.82 Å². The molecule has 0 atom stereocenters. The van der Waals surface area contributed by atoms with Gasteiger partial charge in [-0.25, -0.2) is 0 Å². The Labute approximate surface area is 153 Å². The zero-order chi connectivity index (χ0) is 17.5. The van der Waals surface area contributed by atoms with E-state index in [0.717, 1.165) is 36.5 Å². The maximum Gasteiger partial charge on any atom is 0.169 e. The van der Waals surface area contributed by atoms with E-state index in [0.29, 0.717) is 17.0 Å². The summed E-state index contributed by atoms with van der Waals surface area (Å²) in [5.41, 5.74) is 1.78. The number of rotatable bonds is 7. The number of benzene rings is 1. The van der Waals surface area contributed by atoms with E-state index in [2.05, 4.69) is 27.5 Å². The predicted molar refractivity (Wildman–Crippen MR) is 103 cm³/mol. The molecule has 0 spiro atoms. The predicted octanol–water partition coefficient (Wildman–Crippen LogP) is 4.59. The maximum atomic E-state index is 6.04. The van der Waals surface area contributed by atoms with Crippen LogP contribution in [-0.2, 0) is 0 Å². The van der Waals surface area contributed by atoms with Gasteiger partial charge in [-0.15, -0.1) is 0 Å². The zero-order valence-corrected chi connectivity index (χ0v) is 14.9. The quantitative estimate of drug-likeness (QED) is 0.711. The standard InChI is InChI=1S/C19H23ClN4O/c1-21-18(15-3-2-4-16(20)11-15)13-22-12-14-5-7-17(8-6-14)23-19-9-10-25-24-19/h2-4,9-11,13-14,17,22H,1,5-8,12H2,(H,23,24)/b18-13-. The van der Waals surface area contributed by atoms with E-state index in [1.807, 2.05) is 36.5 Å². The van der Waals surface area contributed by atoms with Crippen molar-refractivity contribution in [2.24, 2.45) is 10.9 Å². The number of hydrogen-bond donors (Lipinski definition) is 2. The lowest BCUT2D eigenvalue weighted by molar-refractivity contribution is 0.332. The molecule has 5 nitrogen and oxygen atoms in total. The van der Waals surface area contributed by atoms with Crippen molar-refractivity contribution in [3.8, 4) is 0 Å². The van der Waals surface area contributed by atoms with E-state index in [9.17, 15) is 0 Å². The van der Waals surface area contributed by atoms with Crippen molar-refractivity contribution >= 4 is 29.8 Å². The Balaban J connectivity index is 1.45. The van der Waals surface area contributed by atoms with Gasteiger partial charge in [0.05, 0.1) is 5.70 Å². The fraction of sp³-hybridized carbons (Fsp3) is 0.368. The number of hydrogen-bond acceptors (Lipinski definition) is 5. The average molecular weight is 359 g/mol. The van der Waals surface area contributed by atoms with E-state index in [-0.39, 0.29) is 0 Å². The van der Waals surface area contributed by atoms with Crippen LogP contribution >= 0.6 is 11.6 Å². The van der Waals surface area contributed by atoms with Crippen molar-refractivity contribution in [1.29, 1.82) is 0 Å². The Morgan fingerprint density at radius 3 is 2.84 bits per heavy atom. The monoisotopic (exact) mass is 358 g/mol. The molecule has 1 aromatic heterocycles. The largest absolute Gasteiger partial charge is 0.389 e. The van der Waals surface area contributed by atoms with E-state index in [1.54, 1.807) is 6.26 Å². The molecule has 3 rings (SSSR count). The van der Waals surface area contributed by atoms with Crippen molar-refractivity contribution in [1.82, 2.24) is 10.5 Å². The van der Waals surface area contributed by atoms with Gasteiger partial charge in [-0.2, -0.15) is 0 Å². The second kappa shape index (κ2) is 8.72. The smallest absolute Gasteiger partial charge is 0.169 e. The Morgan fingerprint density at radius 2 is 2.16 bits per heavy atom. The minimum absolute atomic E-state index is 0.480. The first-order valence-electron chi connectivity index (χ1n) is 8.57. The summed E-state index contributed by atoms with van der Waals surface area (Å²) in [6.07, 6.45) is 8.18. The molecule has 1 fully saturated rings. The number of halogens is 1. The minimum Gasteiger partial charge on any atom is -0.389 e. The fourth-order valence-corrected chi connectivity index (χ4v) is 3.39. The Kier molecular flexibility index (Phi) is 6.12. The molecule has 0 unspecified atom stereocenters. The van der Waals surface area contributed by atoms with E-state index in [4.69, 9.17) is 16.1 Å². The highest BCUT2D eigenvalue weighted by Crippen LogP contribution is 2.26. The fourth-order valence-electron chi connectivity index (χ4n) is 3.20. The van der Waals surface area contributed by atoms with Crippen LogP contribution in [0.2, 0.25) is 5.02 Å². The topological polar surface area (TPSA) is 62.5 Å². The van der Waals surface area contributed by atoms with Gasteiger partial charge in [0.15, 0.2) is 5.82 Å². The molecule has 0 radical (unpaired) electrons. The number of anilines is 1. The lowest BCUT2D eigenvalue weighted by atomic mass is 9.86. The summed E-state index contributed by atoms with van der Waals surface area (Å²) in [5.74, 6) is 1.49. The molecule has 0 saturated heterocycles. The van der Waals surface area contributed by atoms with Crippen LogP contribution in [0.5, 0.6) is 0 Å². The molecule has 6 heteroatoms. The third-order valence-electron chi connectivity index (χ3n) is 4.57. The maximum absolute atomic E-state index is 6.04. The number of nitrogens with one attached hydrogen (secondary N) is 2. The van der Waals surface area contributed by atoms with Crippen molar-refractivity contribution < 1.29 is 4.52 Å². The molecule has 1 saturated carbocycles. The summed E-state index contributed by atoms with van der Waals surface area (Å²) in [7, 11) is 0. The van der Waals surface area contributed by atoms with Crippen LogP contribution in [0.3, 0.4) is 0 Å². The summed E-state index contributed by atoms with van der Waals surface area (Å²) in [6.45, 7) is 4.60. The normalized spacial score (nSPS) is 20.9. The van der Waals surface area contributed by atoms with Crippen LogP contribution < -0.4 is 10.6 Å². The first-order chi connectivity index (χ1) is 12.2. The number of aromatic nitrogens is 1. The summed E-state index contributed by atoms with van der Waals surface area (Å²) >= 11 is 6.04. The Hall–Kier alpha value is -2.27. The van der Waals surface area contributed by atoms with Gasteiger partial charge >= 0.3 is 0 Å². The van der Waals surface area contributed by atoms with Crippen LogP contribution in [0.1, 0.15) is 31.2 Å². The van der Waals surface area contributed by atoms with Crippen LogP contribution in [0, 0.1) is 5.92 Å². The summed E-state index contributed by atoms with van der Waals surface area (Å²) in [4.78, 5) is 4.10. The molecule has 132 valence electrons. The highest BCUT2D eigenvalue weighted by Gasteiger charge is 2.21. The SMILES string of the molecule is C=N/C(=C\NCC1CCC(Nc2ccon2)CC1)c1cccc(Cl)c1. The van der Waals surface area contributed by atoms with Crippen LogP contribution in [0.25, 0.3) is 5.70 Å². The summed E-state index contributed by atoms with van der Waals surface area (Å²) in [6, 6.07) is 9.98. The molecular formula is C19H23ClN4O. The highest BCUT2D eigenvalue weighted by atomic mass is 35.5. The van der Waals surface area contributed by atoms with Crippen molar-refractivity contribution in [3.05, 3.63) is 53.4 Å². The van der Waals surface area contributed by atoms with Gasteiger partial charge < -0.3 is 15.2 Å². The van der Waals surface area contributed by atoms with Crippen molar-refractivity contribution in [3.63, 3.8) is 0 Å². The minimum atomic E-state index is 0.480. The molecular weight excluding hydrogens is 336 g/mol. The molecule has 1 aliphatic rings. The van der Waals surface area contributed by atoms with E-state index in [1.165, 1.54) is 12.8 Å². The molecule has 0 aliphatic heterocycles. The van der Waals surface area contributed by atoms with Gasteiger partial charge in [-0.05, 0) is 50.5 Å².